The van der Waals surface area contributed by atoms with Gasteiger partial charge in [0.2, 0.25) is 5.91 Å². The van der Waals surface area contributed by atoms with Crippen LogP contribution in [0.1, 0.15) is 28.8 Å². The molecular formula is C23H25N5O2. The number of hydrogen-bond acceptors (Lipinski definition) is 4. The average Bonchev–Trinajstić information content (AvgIpc) is 3.25. The van der Waals surface area contributed by atoms with E-state index in [1.807, 2.05) is 54.6 Å². The Labute approximate surface area is 175 Å². The number of nitrogens with one attached hydrogen (secondary N) is 2. The van der Waals surface area contributed by atoms with Gasteiger partial charge in [-0.25, -0.2) is 0 Å². The third-order valence-electron chi connectivity index (χ3n) is 5.53. The van der Waals surface area contributed by atoms with Crippen LogP contribution in [-0.2, 0) is 11.3 Å². The van der Waals surface area contributed by atoms with Crippen molar-refractivity contribution in [2.24, 2.45) is 11.7 Å². The second-order valence-electron chi connectivity index (χ2n) is 7.63. The van der Waals surface area contributed by atoms with Gasteiger partial charge in [0.15, 0.2) is 0 Å². The van der Waals surface area contributed by atoms with Gasteiger partial charge in [-0.05, 0) is 43.6 Å². The van der Waals surface area contributed by atoms with E-state index < -0.39 is 0 Å². The molecule has 1 fully saturated rings. The molecule has 4 rings (SSSR count). The van der Waals surface area contributed by atoms with Crippen molar-refractivity contribution in [2.75, 3.05) is 18.4 Å². The molecule has 0 unspecified atom stereocenters. The molecule has 1 aliphatic heterocycles. The third-order valence-corrected chi connectivity index (χ3v) is 5.53. The van der Waals surface area contributed by atoms with Gasteiger partial charge in [-0.2, -0.15) is 5.10 Å². The van der Waals surface area contributed by atoms with Crippen LogP contribution >= 0.6 is 0 Å². The van der Waals surface area contributed by atoms with Crippen LogP contribution in [0.25, 0.3) is 11.3 Å². The van der Waals surface area contributed by atoms with E-state index in [4.69, 9.17) is 5.73 Å². The first-order valence-corrected chi connectivity index (χ1v) is 10.1. The Hall–Kier alpha value is -3.45. The second-order valence-corrected chi connectivity index (χ2v) is 7.63. The molecular weight excluding hydrogens is 378 g/mol. The smallest absolute Gasteiger partial charge is 0.259 e. The first-order chi connectivity index (χ1) is 14.6. The SMILES string of the molecule is NC(=O)C1CCN(Cc2cccc(NC(=O)c3cn[nH]c3-c3ccccc3)c2)CC1. The minimum absolute atomic E-state index is 0.0133. The molecule has 1 aromatic heterocycles. The van der Waals surface area contributed by atoms with Gasteiger partial charge >= 0.3 is 0 Å². The predicted molar refractivity (Wildman–Crippen MR) is 116 cm³/mol. The minimum Gasteiger partial charge on any atom is -0.369 e. The van der Waals surface area contributed by atoms with Gasteiger partial charge in [0.25, 0.3) is 5.91 Å². The molecule has 2 heterocycles. The highest BCUT2D eigenvalue weighted by Crippen LogP contribution is 2.23. The Balaban J connectivity index is 1.41. The second kappa shape index (κ2) is 8.92. The summed E-state index contributed by atoms with van der Waals surface area (Å²) in [4.78, 5) is 26.5. The summed E-state index contributed by atoms with van der Waals surface area (Å²) in [5.41, 5.74) is 9.37. The number of nitrogens with zero attached hydrogens (tertiary/aromatic N) is 2. The van der Waals surface area contributed by atoms with E-state index in [-0.39, 0.29) is 17.7 Å². The standard InChI is InChI=1S/C23H25N5O2/c24-22(29)18-9-11-28(12-10-18)15-16-5-4-8-19(13-16)26-23(30)20-14-25-27-21(20)17-6-2-1-3-7-17/h1-8,13-14,18H,9-12,15H2,(H2,24,29)(H,25,27)(H,26,30). The summed E-state index contributed by atoms with van der Waals surface area (Å²) >= 11 is 0. The van der Waals surface area contributed by atoms with E-state index in [1.54, 1.807) is 6.20 Å². The van der Waals surface area contributed by atoms with Crippen molar-refractivity contribution in [2.45, 2.75) is 19.4 Å². The minimum atomic E-state index is -0.206. The van der Waals surface area contributed by atoms with Crippen LogP contribution in [0, 0.1) is 5.92 Å². The molecule has 154 valence electrons. The number of nitrogens with two attached hydrogens (primary N) is 1. The van der Waals surface area contributed by atoms with E-state index in [1.165, 1.54) is 0 Å². The van der Waals surface area contributed by atoms with E-state index in [2.05, 4.69) is 20.4 Å². The van der Waals surface area contributed by atoms with Crippen molar-refractivity contribution in [3.05, 3.63) is 71.9 Å². The monoisotopic (exact) mass is 403 g/mol. The number of H-pyrrole nitrogens is 1. The fourth-order valence-electron chi connectivity index (χ4n) is 3.86. The van der Waals surface area contributed by atoms with Crippen molar-refractivity contribution in [1.82, 2.24) is 15.1 Å². The quantitative estimate of drug-likeness (QED) is 0.588. The summed E-state index contributed by atoms with van der Waals surface area (Å²) in [5, 5.41) is 9.94. The number of aromatic nitrogens is 2. The van der Waals surface area contributed by atoms with Crippen LogP contribution in [0.15, 0.2) is 60.8 Å². The molecule has 1 aliphatic rings. The van der Waals surface area contributed by atoms with Crippen LogP contribution in [-0.4, -0.2) is 40.0 Å². The van der Waals surface area contributed by atoms with Crippen molar-refractivity contribution in [3.63, 3.8) is 0 Å². The zero-order valence-corrected chi connectivity index (χ0v) is 16.7. The predicted octanol–water partition coefficient (Wildman–Crippen LogP) is 3.03. The Kier molecular flexibility index (Phi) is 5.90. The van der Waals surface area contributed by atoms with Gasteiger partial charge in [-0.1, -0.05) is 42.5 Å². The summed E-state index contributed by atoms with van der Waals surface area (Å²) in [5.74, 6) is -0.420. The van der Waals surface area contributed by atoms with Crippen molar-refractivity contribution >= 4 is 17.5 Å². The number of likely N-dealkylation sites (tertiary alicyclic amines) is 1. The average molecular weight is 403 g/mol. The fraction of sp³-hybridized carbons (Fsp3) is 0.261. The highest BCUT2D eigenvalue weighted by molar-refractivity contribution is 6.08. The van der Waals surface area contributed by atoms with Gasteiger partial charge in [0.1, 0.15) is 0 Å². The Morgan fingerprint density at radius 1 is 1.10 bits per heavy atom. The van der Waals surface area contributed by atoms with Crippen molar-refractivity contribution in [3.8, 4) is 11.3 Å². The number of piperidine rings is 1. The van der Waals surface area contributed by atoms with Crippen LogP contribution in [0.3, 0.4) is 0 Å². The van der Waals surface area contributed by atoms with Gasteiger partial charge < -0.3 is 11.1 Å². The molecule has 7 nitrogen and oxygen atoms in total. The van der Waals surface area contributed by atoms with Crippen LogP contribution in [0.5, 0.6) is 0 Å². The fourth-order valence-corrected chi connectivity index (χ4v) is 3.86. The van der Waals surface area contributed by atoms with Gasteiger partial charge in [0.05, 0.1) is 17.5 Å². The van der Waals surface area contributed by atoms with E-state index in [0.717, 1.165) is 49.3 Å². The molecule has 0 bridgehead atoms. The number of amides is 2. The molecule has 1 saturated heterocycles. The maximum atomic E-state index is 12.8. The first kappa shape index (κ1) is 19.8. The molecule has 7 heteroatoms. The number of rotatable bonds is 6. The summed E-state index contributed by atoms with van der Waals surface area (Å²) < 4.78 is 0. The number of carbonyl (C=O) groups excluding carboxylic acids is 2. The van der Waals surface area contributed by atoms with Crippen LogP contribution in [0.2, 0.25) is 0 Å². The number of anilines is 1. The summed E-state index contributed by atoms with van der Waals surface area (Å²) in [7, 11) is 0. The largest absolute Gasteiger partial charge is 0.369 e. The molecule has 0 atom stereocenters. The zero-order chi connectivity index (χ0) is 20.9. The van der Waals surface area contributed by atoms with Crippen LogP contribution < -0.4 is 11.1 Å². The third kappa shape index (κ3) is 4.58. The molecule has 0 radical (unpaired) electrons. The topological polar surface area (TPSA) is 104 Å². The Bertz CT molecular complexity index is 1020. The molecule has 3 aromatic rings. The maximum absolute atomic E-state index is 12.8. The molecule has 0 saturated carbocycles. The number of hydrogen-bond donors (Lipinski definition) is 3. The van der Waals surface area contributed by atoms with E-state index in [0.29, 0.717) is 11.3 Å². The molecule has 0 aliphatic carbocycles. The van der Waals surface area contributed by atoms with Gasteiger partial charge in [-0.3, -0.25) is 19.6 Å². The summed E-state index contributed by atoms with van der Waals surface area (Å²) in [6.07, 6.45) is 3.15. The number of benzene rings is 2. The van der Waals surface area contributed by atoms with E-state index in [9.17, 15) is 9.59 Å². The zero-order valence-electron chi connectivity index (χ0n) is 16.7. The Morgan fingerprint density at radius 3 is 2.60 bits per heavy atom. The lowest BCUT2D eigenvalue weighted by atomic mass is 9.96. The molecule has 4 N–H and O–H groups in total. The van der Waals surface area contributed by atoms with Crippen molar-refractivity contribution < 1.29 is 9.59 Å². The highest BCUT2D eigenvalue weighted by atomic mass is 16.2. The van der Waals surface area contributed by atoms with Gasteiger partial charge in [-0.15, -0.1) is 0 Å². The normalized spacial score (nSPS) is 15.1. The Morgan fingerprint density at radius 2 is 1.87 bits per heavy atom. The number of aromatic amines is 1. The number of carbonyl (C=O) groups is 2. The highest BCUT2D eigenvalue weighted by Gasteiger charge is 2.23. The summed E-state index contributed by atoms with van der Waals surface area (Å²) in [6.45, 7) is 2.47. The lowest BCUT2D eigenvalue weighted by Crippen LogP contribution is -2.38. The molecule has 30 heavy (non-hydrogen) atoms. The lowest BCUT2D eigenvalue weighted by Gasteiger charge is -2.30. The first-order valence-electron chi connectivity index (χ1n) is 10.1. The lowest BCUT2D eigenvalue weighted by molar-refractivity contribution is -0.123. The summed E-state index contributed by atoms with van der Waals surface area (Å²) in [6, 6.07) is 17.5. The van der Waals surface area contributed by atoms with Gasteiger partial charge in [0, 0.05) is 23.7 Å². The maximum Gasteiger partial charge on any atom is 0.259 e. The van der Waals surface area contributed by atoms with Crippen LogP contribution in [0.4, 0.5) is 5.69 Å². The molecule has 2 amide bonds. The van der Waals surface area contributed by atoms with Crippen molar-refractivity contribution in [1.29, 1.82) is 0 Å². The number of primary amides is 1. The van der Waals surface area contributed by atoms with E-state index >= 15 is 0 Å². The molecule has 2 aromatic carbocycles. The molecule has 0 spiro atoms.